The standard InChI is InChI=1S/C15H20N2O.ClH/c18-15(17-14-6-7-14)12-4-1-3-11(9-12)13-5-2-8-16-10-13;/h1,3-4,9,13-14,16H,2,5-8,10H2,(H,17,18);1H. The molecule has 4 heteroatoms. The van der Waals surface area contributed by atoms with Gasteiger partial charge in [-0.1, -0.05) is 12.1 Å². The van der Waals surface area contributed by atoms with Gasteiger partial charge in [-0.25, -0.2) is 0 Å². The number of carbonyl (C=O) groups is 1. The Labute approximate surface area is 120 Å². The number of amides is 1. The lowest BCUT2D eigenvalue weighted by molar-refractivity contribution is 0.0951. The molecule has 19 heavy (non-hydrogen) atoms. The number of piperidine rings is 1. The molecule has 1 aromatic rings. The van der Waals surface area contributed by atoms with Gasteiger partial charge in [0, 0.05) is 18.2 Å². The molecule has 1 atom stereocenters. The fraction of sp³-hybridized carbons (Fsp3) is 0.533. The third-order valence-electron chi connectivity index (χ3n) is 3.83. The third-order valence-corrected chi connectivity index (χ3v) is 3.83. The van der Waals surface area contributed by atoms with Gasteiger partial charge in [0.1, 0.15) is 0 Å². The first-order valence-electron chi connectivity index (χ1n) is 6.94. The summed E-state index contributed by atoms with van der Waals surface area (Å²) in [7, 11) is 0. The molecule has 3 nitrogen and oxygen atoms in total. The molecule has 104 valence electrons. The molecule has 1 saturated heterocycles. The van der Waals surface area contributed by atoms with E-state index in [0.29, 0.717) is 12.0 Å². The zero-order chi connectivity index (χ0) is 12.4. The molecule has 2 aliphatic rings. The topological polar surface area (TPSA) is 41.1 Å². The van der Waals surface area contributed by atoms with Crippen molar-refractivity contribution in [3.8, 4) is 0 Å². The van der Waals surface area contributed by atoms with Crippen LogP contribution in [0.5, 0.6) is 0 Å². The van der Waals surface area contributed by atoms with Crippen molar-refractivity contribution >= 4 is 18.3 Å². The van der Waals surface area contributed by atoms with E-state index in [4.69, 9.17) is 0 Å². The molecular formula is C15H21ClN2O. The molecule has 0 spiro atoms. The maximum Gasteiger partial charge on any atom is 0.251 e. The van der Waals surface area contributed by atoms with Crippen LogP contribution in [0.1, 0.15) is 47.5 Å². The minimum atomic E-state index is 0. The van der Waals surface area contributed by atoms with Crippen LogP contribution in [0.3, 0.4) is 0 Å². The summed E-state index contributed by atoms with van der Waals surface area (Å²) in [6, 6.07) is 8.56. The molecule has 2 N–H and O–H groups in total. The fourth-order valence-corrected chi connectivity index (χ4v) is 2.57. The van der Waals surface area contributed by atoms with Gasteiger partial charge in [-0.15, -0.1) is 12.4 Å². The lowest BCUT2D eigenvalue weighted by atomic mass is 9.90. The summed E-state index contributed by atoms with van der Waals surface area (Å²) < 4.78 is 0. The highest BCUT2D eigenvalue weighted by Crippen LogP contribution is 2.24. The number of hydrogen-bond donors (Lipinski definition) is 2. The predicted octanol–water partition coefficient (Wildman–Crippen LogP) is 2.47. The lowest BCUT2D eigenvalue weighted by Crippen LogP contribution is -2.29. The maximum absolute atomic E-state index is 12.0. The number of carbonyl (C=O) groups excluding carboxylic acids is 1. The molecule has 1 aliphatic heterocycles. The molecule has 2 fully saturated rings. The Morgan fingerprint density at radius 2 is 2.11 bits per heavy atom. The minimum Gasteiger partial charge on any atom is -0.349 e. The first-order chi connectivity index (χ1) is 8.83. The molecule has 1 unspecified atom stereocenters. The maximum atomic E-state index is 12.0. The molecule has 0 radical (unpaired) electrons. The van der Waals surface area contributed by atoms with Crippen LogP contribution >= 0.6 is 12.4 Å². The van der Waals surface area contributed by atoms with Crippen molar-refractivity contribution in [3.05, 3.63) is 35.4 Å². The van der Waals surface area contributed by atoms with Crippen molar-refractivity contribution in [1.29, 1.82) is 0 Å². The second-order valence-corrected chi connectivity index (χ2v) is 5.42. The number of rotatable bonds is 3. The van der Waals surface area contributed by atoms with Crippen LogP contribution in [0.2, 0.25) is 0 Å². The van der Waals surface area contributed by atoms with E-state index in [0.717, 1.165) is 31.5 Å². The summed E-state index contributed by atoms with van der Waals surface area (Å²) in [5.41, 5.74) is 2.11. The molecular weight excluding hydrogens is 260 g/mol. The van der Waals surface area contributed by atoms with Gasteiger partial charge >= 0.3 is 0 Å². The van der Waals surface area contributed by atoms with Gasteiger partial charge in [0.25, 0.3) is 5.91 Å². The molecule has 1 amide bonds. The van der Waals surface area contributed by atoms with Gasteiger partial charge < -0.3 is 10.6 Å². The Morgan fingerprint density at radius 1 is 1.26 bits per heavy atom. The van der Waals surface area contributed by atoms with E-state index in [2.05, 4.69) is 22.8 Å². The van der Waals surface area contributed by atoms with Gasteiger partial charge in [0.15, 0.2) is 0 Å². The number of benzene rings is 1. The molecule has 1 aromatic carbocycles. The Kier molecular flexibility index (Phi) is 4.83. The van der Waals surface area contributed by atoms with Gasteiger partial charge in [-0.2, -0.15) is 0 Å². The van der Waals surface area contributed by atoms with Crippen molar-refractivity contribution < 1.29 is 4.79 Å². The minimum absolute atomic E-state index is 0. The van der Waals surface area contributed by atoms with E-state index in [1.54, 1.807) is 0 Å². The Balaban J connectivity index is 0.00000133. The van der Waals surface area contributed by atoms with E-state index in [9.17, 15) is 4.79 Å². The van der Waals surface area contributed by atoms with E-state index in [1.807, 2.05) is 12.1 Å². The van der Waals surface area contributed by atoms with Crippen LogP contribution in [0.15, 0.2) is 24.3 Å². The highest BCUT2D eigenvalue weighted by atomic mass is 35.5. The van der Waals surface area contributed by atoms with E-state index < -0.39 is 0 Å². The summed E-state index contributed by atoms with van der Waals surface area (Å²) in [6.07, 6.45) is 4.72. The van der Waals surface area contributed by atoms with Crippen molar-refractivity contribution in [2.75, 3.05) is 13.1 Å². The van der Waals surface area contributed by atoms with Crippen LogP contribution in [0.25, 0.3) is 0 Å². The second kappa shape index (κ2) is 6.40. The summed E-state index contributed by atoms with van der Waals surface area (Å²) in [4.78, 5) is 12.0. The number of halogens is 1. The molecule has 1 heterocycles. The van der Waals surface area contributed by atoms with E-state index in [-0.39, 0.29) is 18.3 Å². The summed E-state index contributed by atoms with van der Waals surface area (Å²) in [5, 5.41) is 6.47. The summed E-state index contributed by atoms with van der Waals surface area (Å²) in [5.74, 6) is 0.649. The number of hydrogen-bond acceptors (Lipinski definition) is 2. The average Bonchev–Trinajstić information content (AvgIpc) is 3.24. The first kappa shape index (κ1) is 14.4. The zero-order valence-electron chi connectivity index (χ0n) is 11.0. The molecule has 3 rings (SSSR count). The molecule has 0 bridgehead atoms. The smallest absolute Gasteiger partial charge is 0.251 e. The van der Waals surface area contributed by atoms with Crippen LogP contribution in [0.4, 0.5) is 0 Å². The molecule has 0 aromatic heterocycles. The summed E-state index contributed by atoms with van der Waals surface area (Å²) in [6.45, 7) is 2.16. The predicted molar refractivity (Wildman–Crippen MR) is 79.0 cm³/mol. The van der Waals surface area contributed by atoms with Crippen LogP contribution < -0.4 is 10.6 Å². The van der Waals surface area contributed by atoms with Crippen molar-refractivity contribution in [1.82, 2.24) is 10.6 Å². The monoisotopic (exact) mass is 280 g/mol. The Morgan fingerprint density at radius 3 is 2.79 bits per heavy atom. The Bertz CT molecular complexity index is 440. The highest BCUT2D eigenvalue weighted by Gasteiger charge is 2.24. The van der Waals surface area contributed by atoms with Gasteiger partial charge in [-0.3, -0.25) is 4.79 Å². The van der Waals surface area contributed by atoms with Crippen LogP contribution in [-0.2, 0) is 0 Å². The van der Waals surface area contributed by atoms with Gasteiger partial charge in [0.05, 0.1) is 0 Å². The van der Waals surface area contributed by atoms with Gasteiger partial charge in [-0.05, 0) is 55.8 Å². The first-order valence-corrected chi connectivity index (χ1v) is 6.94. The molecule has 1 saturated carbocycles. The summed E-state index contributed by atoms with van der Waals surface area (Å²) >= 11 is 0. The normalized spacial score (nSPS) is 22.4. The van der Waals surface area contributed by atoms with Crippen molar-refractivity contribution in [2.45, 2.75) is 37.6 Å². The Hall–Kier alpha value is -1.06. The van der Waals surface area contributed by atoms with Gasteiger partial charge in [0.2, 0.25) is 0 Å². The zero-order valence-corrected chi connectivity index (χ0v) is 11.8. The fourth-order valence-electron chi connectivity index (χ4n) is 2.57. The molecule has 1 aliphatic carbocycles. The van der Waals surface area contributed by atoms with Crippen LogP contribution in [-0.4, -0.2) is 25.0 Å². The lowest BCUT2D eigenvalue weighted by Gasteiger charge is -2.23. The van der Waals surface area contributed by atoms with E-state index in [1.165, 1.54) is 18.4 Å². The third kappa shape index (κ3) is 3.71. The van der Waals surface area contributed by atoms with Crippen LogP contribution in [0, 0.1) is 0 Å². The average molecular weight is 281 g/mol. The van der Waals surface area contributed by atoms with Crippen molar-refractivity contribution in [3.63, 3.8) is 0 Å². The second-order valence-electron chi connectivity index (χ2n) is 5.42. The number of nitrogens with one attached hydrogen (secondary N) is 2. The highest BCUT2D eigenvalue weighted by molar-refractivity contribution is 5.94. The SMILES string of the molecule is Cl.O=C(NC1CC1)c1cccc(C2CCCNC2)c1. The van der Waals surface area contributed by atoms with Crippen molar-refractivity contribution in [2.24, 2.45) is 0 Å². The largest absolute Gasteiger partial charge is 0.349 e. The van der Waals surface area contributed by atoms with E-state index >= 15 is 0 Å². The quantitative estimate of drug-likeness (QED) is 0.893.